The Morgan fingerprint density at radius 2 is 1.32 bits per heavy atom. The normalized spacial score (nSPS) is 10.7. The molecule has 0 aliphatic carbocycles. The van der Waals surface area contributed by atoms with Crippen molar-refractivity contribution in [2.45, 2.75) is 6.42 Å². The molecule has 0 amide bonds. The number of hydrogen-bond acceptors (Lipinski definition) is 1. The summed E-state index contributed by atoms with van der Waals surface area (Å²) in [5.74, 6) is 0. The van der Waals surface area contributed by atoms with Crippen LogP contribution in [-0.4, -0.2) is 6.61 Å². The minimum atomic E-state index is 0.642. The first-order chi connectivity index (χ1) is 12.4. The molecule has 1 aromatic heterocycles. The Labute approximate surface area is 147 Å². The average Bonchev–Trinajstić information content (AvgIpc) is 2.69. The Balaban J connectivity index is 1.42. The van der Waals surface area contributed by atoms with Crippen LogP contribution >= 0.6 is 0 Å². The zero-order chi connectivity index (χ0) is 16.9. The van der Waals surface area contributed by atoms with Crippen LogP contribution in [0.2, 0.25) is 0 Å². The van der Waals surface area contributed by atoms with Gasteiger partial charge in [-0.25, -0.2) is 0 Å². The second-order valence-corrected chi connectivity index (χ2v) is 6.03. The van der Waals surface area contributed by atoms with Crippen molar-refractivity contribution in [3.8, 4) is 11.1 Å². The maximum Gasteiger partial charge on any atom is 0.223 e. The van der Waals surface area contributed by atoms with Gasteiger partial charge in [0.15, 0.2) is 6.61 Å². The monoisotopic (exact) mass is 326 g/mol. The summed E-state index contributed by atoms with van der Waals surface area (Å²) in [4.78, 5) is 5.87. The van der Waals surface area contributed by atoms with E-state index in [9.17, 15) is 0 Å². The molecule has 4 rings (SSSR count). The summed E-state index contributed by atoms with van der Waals surface area (Å²) in [5, 5.41) is 2.58. The highest BCUT2D eigenvalue weighted by Crippen LogP contribution is 2.19. The van der Waals surface area contributed by atoms with E-state index in [4.69, 9.17) is 4.84 Å². The van der Waals surface area contributed by atoms with Gasteiger partial charge in [-0.05, 0) is 27.5 Å². The van der Waals surface area contributed by atoms with E-state index in [2.05, 4.69) is 78.9 Å². The number of nitrogens with zero attached hydrogens (tertiary/aromatic N) is 1. The van der Waals surface area contributed by atoms with Gasteiger partial charge < -0.3 is 0 Å². The van der Waals surface area contributed by atoms with E-state index in [0.29, 0.717) is 6.61 Å². The molecule has 0 fully saturated rings. The van der Waals surface area contributed by atoms with Crippen molar-refractivity contribution >= 4 is 10.8 Å². The number of benzene rings is 3. The van der Waals surface area contributed by atoms with E-state index < -0.39 is 0 Å². The molecule has 4 aromatic rings. The predicted octanol–water partition coefficient (Wildman–Crippen LogP) is 4.47. The van der Waals surface area contributed by atoms with Gasteiger partial charge in [0.25, 0.3) is 0 Å². The van der Waals surface area contributed by atoms with Gasteiger partial charge in [-0.2, -0.15) is 0 Å². The van der Waals surface area contributed by atoms with Crippen molar-refractivity contribution in [2.24, 2.45) is 0 Å². The van der Waals surface area contributed by atoms with Gasteiger partial charge in [0.05, 0.1) is 0 Å². The van der Waals surface area contributed by atoms with E-state index in [-0.39, 0.29) is 0 Å². The molecule has 0 unspecified atom stereocenters. The molecule has 0 saturated heterocycles. The molecule has 0 N–H and O–H groups in total. The number of aromatic nitrogens is 1. The fraction of sp³-hybridized carbons (Fsp3) is 0.0870. The molecule has 0 bridgehead atoms. The first-order valence-electron chi connectivity index (χ1n) is 8.57. The van der Waals surface area contributed by atoms with Crippen molar-refractivity contribution in [2.75, 3.05) is 6.61 Å². The standard InChI is InChI=1S/C23H20NO/c1-2-7-19(8-3-1)20-13-16-24(17-14-20)25-18-15-22-11-6-10-21-9-4-5-12-23(21)22/h1-14,16-17H,15,18H2/q+1. The molecule has 0 radical (unpaired) electrons. The molecule has 0 atom stereocenters. The molecule has 1 heterocycles. The summed E-state index contributed by atoms with van der Waals surface area (Å²) in [5.41, 5.74) is 3.72. The molecular weight excluding hydrogens is 306 g/mol. The van der Waals surface area contributed by atoms with Gasteiger partial charge in [0.2, 0.25) is 12.4 Å². The summed E-state index contributed by atoms with van der Waals surface area (Å²) in [6.07, 6.45) is 4.81. The fourth-order valence-corrected chi connectivity index (χ4v) is 3.09. The second-order valence-electron chi connectivity index (χ2n) is 6.03. The molecule has 2 heteroatoms. The third kappa shape index (κ3) is 3.53. The lowest BCUT2D eigenvalue weighted by Crippen LogP contribution is -2.42. The third-order valence-corrected chi connectivity index (χ3v) is 4.40. The first-order valence-corrected chi connectivity index (χ1v) is 8.57. The summed E-state index contributed by atoms with van der Waals surface area (Å²) in [7, 11) is 0. The van der Waals surface area contributed by atoms with E-state index in [1.807, 2.05) is 18.5 Å². The smallest absolute Gasteiger partial charge is 0.223 e. The quantitative estimate of drug-likeness (QED) is 0.493. The summed E-state index contributed by atoms with van der Waals surface area (Å²) < 4.78 is 1.78. The van der Waals surface area contributed by atoms with Crippen molar-refractivity contribution in [3.05, 3.63) is 103 Å². The lowest BCUT2D eigenvalue weighted by molar-refractivity contribution is -0.891. The lowest BCUT2D eigenvalue weighted by atomic mass is 10.0. The van der Waals surface area contributed by atoms with Crippen LogP contribution in [0.1, 0.15) is 5.56 Å². The number of pyridine rings is 1. The minimum Gasteiger partial charge on any atom is -0.271 e. The maximum atomic E-state index is 5.87. The van der Waals surface area contributed by atoms with Crippen LogP contribution in [0.3, 0.4) is 0 Å². The molecular formula is C23H20NO+. The zero-order valence-corrected chi connectivity index (χ0v) is 14.0. The topological polar surface area (TPSA) is 13.1 Å². The summed E-state index contributed by atoms with van der Waals surface area (Å²) in [6.45, 7) is 0.642. The van der Waals surface area contributed by atoms with Crippen molar-refractivity contribution in [1.82, 2.24) is 0 Å². The van der Waals surface area contributed by atoms with Crippen LogP contribution in [-0.2, 0) is 6.42 Å². The van der Waals surface area contributed by atoms with Gasteiger partial charge in [-0.15, -0.1) is 0 Å². The van der Waals surface area contributed by atoms with Crippen LogP contribution in [0, 0.1) is 0 Å². The highest BCUT2D eigenvalue weighted by molar-refractivity contribution is 5.85. The molecule has 3 aromatic carbocycles. The highest BCUT2D eigenvalue weighted by atomic mass is 16.7. The molecule has 2 nitrogen and oxygen atoms in total. The molecule has 25 heavy (non-hydrogen) atoms. The Hall–Kier alpha value is -3.13. The van der Waals surface area contributed by atoms with E-state index in [1.54, 1.807) is 4.73 Å². The van der Waals surface area contributed by atoms with E-state index >= 15 is 0 Å². The molecule has 0 saturated carbocycles. The van der Waals surface area contributed by atoms with Gasteiger partial charge in [-0.1, -0.05) is 72.8 Å². The van der Waals surface area contributed by atoms with Crippen LogP contribution < -0.4 is 9.57 Å². The molecule has 0 spiro atoms. The number of fused-ring (bicyclic) bond motifs is 1. The Kier molecular flexibility index (Phi) is 4.42. The number of rotatable bonds is 5. The van der Waals surface area contributed by atoms with Crippen LogP contribution in [0.25, 0.3) is 21.9 Å². The van der Waals surface area contributed by atoms with Crippen LogP contribution in [0.4, 0.5) is 0 Å². The summed E-state index contributed by atoms with van der Waals surface area (Å²) in [6, 6.07) is 29.4. The maximum absolute atomic E-state index is 5.87. The van der Waals surface area contributed by atoms with Gasteiger partial charge in [-0.3, -0.25) is 4.84 Å². The SMILES string of the molecule is c1ccc(-c2cc[n+](OCCc3cccc4ccccc34)cc2)cc1. The zero-order valence-electron chi connectivity index (χ0n) is 14.0. The molecule has 0 aliphatic rings. The van der Waals surface area contributed by atoms with E-state index in [0.717, 1.165) is 6.42 Å². The Morgan fingerprint density at radius 3 is 2.16 bits per heavy atom. The first kappa shape index (κ1) is 15.4. The number of hydrogen-bond donors (Lipinski definition) is 0. The largest absolute Gasteiger partial charge is 0.271 e. The predicted molar refractivity (Wildman–Crippen MR) is 101 cm³/mol. The highest BCUT2D eigenvalue weighted by Gasteiger charge is 2.05. The lowest BCUT2D eigenvalue weighted by Gasteiger charge is -2.05. The average molecular weight is 326 g/mol. The van der Waals surface area contributed by atoms with Crippen LogP contribution in [0.5, 0.6) is 0 Å². The van der Waals surface area contributed by atoms with Gasteiger partial charge in [0, 0.05) is 23.3 Å². The molecule has 0 aliphatic heterocycles. The second kappa shape index (κ2) is 7.18. The fourth-order valence-electron chi connectivity index (χ4n) is 3.09. The third-order valence-electron chi connectivity index (χ3n) is 4.40. The van der Waals surface area contributed by atoms with Gasteiger partial charge in [0.1, 0.15) is 0 Å². The van der Waals surface area contributed by atoms with Gasteiger partial charge >= 0.3 is 0 Å². The van der Waals surface area contributed by atoms with Crippen molar-refractivity contribution < 1.29 is 9.57 Å². The van der Waals surface area contributed by atoms with Crippen molar-refractivity contribution in [1.29, 1.82) is 0 Å². The Bertz CT molecular complexity index is 957. The van der Waals surface area contributed by atoms with E-state index in [1.165, 1.54) is 27.5 Å². The van der Waals surface area contributed by atoms with Crippen LogP contribution in [0.15, 0.2) is 97.3 Å². The summed E-state index contributed by atoms with van der Waals surface area (Å²) >= 11 is 0. The minimum absolute atomic E-state index is 0.642. The van der Waals surface area contributed by atoms with Crippen molar-refractivity contribution in [3.63, 3.8) is 0 Å². The molecule has 122 valence electrons. The Morgan fingerprint density at radius 1 is 0.640 bits per heavy atom.